The molecule has 8 nitrogen and oxygen atoms in total. The number of nitrogens with zero attached hydrogens (tertiary/aromatic N) is 2. The number of ether oxygens (including phenoxy) is 2. The van der Waals surface area contributed by atoms with Gasteiger partial charge in [0.25, 0.3) is 11.7 Å². The molecular weight excluding hydrogens is 484 g/mol. The Morgan fingerprint density at radius 3 is 2.53 bits per heavy atom. The maximum Gasteiger partial charge on any atom is 0.310 e. The summed E-state index contributed by atoms with van der Waals surface area (Å²) in [5.74, 6) is -2.06. The molecule has 0 spiro atoms. The molecule has 1 saturated heterocycles. The van der Waals surface area contributed by atoms with E-state index in [4.69, 9.17) is 21.1 Å². The van der Waals surface area contributed by atoms with Gasteiger partial charge in [0.05, 0.1) is 36.8 Å². The highest BCUT2D eigenvalue weighted by atomic mass is 35.5. The molecule has 1 atom stereocenters. The largest absolute Gasteiger partial charge is 0.507 e. The molecule has 0 bridgehead atoms. The van der Waals surface area contributed by atoms with Crippen molar-refractivity contribution >= 4 is 40.7 Å². The van der Waals surface area contributed by atoms with Crippen molar-refractivity contribution in [1.82, 2.24) is 4.98 Å². The van der Waals surface area contributed by atoms with Gasteiger partial charge in [-0.15, -0.1) is 0 Å². The van der Waals surface area contributed by atoms with Crippen molar-refractivity contribution in [3.8, 4) is 5.75 Å². The smallest absolute Gasteiger partial charge is 0.310 e. The number of carbonyl (C=O) groups is 3. The van der Waals surface area contributed by atoms with Crippen molar-refractivity contribution in [3.63, 3.8) is 0 Å². The van der Waals surface area contributed by atoms with Crippen LogP contribution in [0.2, 0.25) is 5.02 Å². The van der Waals surface area contributed by atoms with Gasteiger partial charge in [0, 0.05) is 23.6 Å². The van der Waals surface area contributed by atoms with E-state index < -0.39 is 17.7 Å². The van der Waals surface area contributed by atoms with Gasteiger partial charge in [0.15, 0.2) is 0 Å². The normalized spacial score (nSPS) is 16.8. The highest BCUT2D eigenvalue weighted by Crippen LogP contribution is 2.42. The summed E-state index contributed by atoms with van der Waals surface area (Å²) in [4.78, 5) is 43.8. The predicted molar refractivity (Wildman–Crippen MR) is 134 cm³/mol. The SMILES string of the molecule is CCOC(=O)Cc1ccc(N2C(=O)C(=O)/C(=C(\O)c3ccc(Cl)c(OC)c3)C2c2cccnc2)cc1. The fourth-order valence-corrected chi connectivity index (χ4v) is 4.26. The van der Waals surface area contributed by atoms with Gasteiger partial charge in [-0.2, -0.15) is 0 Å². The molecule has 2 heterocycles. The molecule has 184 valence electrons. The Morgan fingerprint density at radius 1 is 1.14 bits per heavy atom. The van der Waals surface area contributed by atoms with Crippen LogP contribution in [0, 0.1) is 0 Å². The van der Waals surface area contributed by atoms with Gasteiger partial charge in [-0.05, 0) is 54.4 Å². The van der Waals surface area contributed by atoms with Crippen molar-refractivity contribution in [1.29, 1.82) is 0 Å². The highest BCUT2D eigenvalue weighted by molar-refractivity contribution is 6.51. The molecule has 2 aromatic carbocycles. The van der Waals surface area contributed by atoms with Gasteiger partial charge in [-0.25, -0.2) is 0 Å². The molecule has 0 radical (unpaired) electrons. The van der Waals surface area contributed by atoms with E-state index in [0.717, 1.165) is 0 Å². The summed E-state index contributed by atoms with van der Waals surface area (Å²) in [6.45, 7) is 2.02. The van der Waals surface area contributed by atoms with E-state index in [1.54, 1.807) is 49.5 Å². The number of aliphatic hydroxyl groups is 1. The highest BCUT2D eigenvalue weighted by Gasteiger charge is 2.47. The summed E-state index contributed by atoms with van der Waals surface area (Å²) < 4.78 is 10.2. The molecule has 1 aliphatic heterocycles. The zero-order valence-corrected chi connectivity index (χ0v) is 20.4. The van der Waals surface area contributed by atoms with Crippen LogP contribution in [-0.4, -0.2) is 41.5 Å². The third kappa shape index (κ3) is 4.81. The van der Waals surface area contributed by atoms with Gasteiger partial charge in [0.1, 0.15) is 11.5 Å². The molecule has 1 aromatic heterocycles. The summed E-state index contributed by atoms with van der Waals surface area (Å²) in [7, 11) is 1.44. The Hall–Kier alpha value is -4.17. The van der Waals surface area contributed by atoms with Crippen LogP contribution in [-0.2, 0) is 25.5 Å². The molecular formula is C27H23ClN2O6. The number of hydrogen-bond acceptors (Lipinski definition) is 7. The van der Waals surface area contributed by atoms with E-state index >= 15 is 0 Å². The van der Waals surface area contributed by atoms with E-state index in [9.17, 15) is 19.5 Å². The van der Waals surface area contributed by atoms with Crippen LogP contribution in [0.25, 0.3) is 5.76 Å². The molecule has 0 aliphatic carbocycles. The molecule has 1 aliphatic rings. The zero-order chi connectivity index (χ0) is 25.8. The summed E-state index contributed by atoms with van der Waals surface area (Å²) >= 11 is 6.11. The minimum atomic E-state index is -0.934. The maximum atomic E-state index is 13.3. The van der Waals surface area contributed by atoms with E-state index in [1.165, 1.54) is 36.4 Å². The van der Waals surface area contributed by atoms with Crippen LogP contribution in [0.15, 0.2) is 72.6 Å². The van der Waals surface area contributed by atoms with Gasteiger partial charge in [-0.3, -0.25) is 24.3 Å². The average Bonchev–Trinajstić information content (AvgIpc) is 3.15. The van der Waals surface area contributed by atoms with Crippen molar-refractivity contribution in [2.24, 2.45) is 0 Å². The second kappa shape index (κ2) is 10.6. The first-order valence-corrected chi connectivity index (χ1v) is 11.5. The number of anilines is 1. The number of carbonyl (C=O) groups excluding carboxylic acids is 3. The molecule has 0 saturated carbocycles. The molecule has 36 heavy (non-hydrogen) atoms. The number of ketones is 1. The monoisotopic (exact) mass is 506 g/mol. The third-order valence-corrected chi connectivity index (χ3v) is 6.05. The lowest BCUT2D eigenvalue weighted by molar-refractivity contribution is -0.142. The Labute approximate surface area is 212 Å². The van der Waals surface area contributed by atoms with Crippen LogP contribution < -0.4 is 9.64 Å². The number of pyridine rings is 1. The van der Waals surface area contributed by atoms with Crippen LogP contribution >= 0.6 is 11.6 Å². The first-order chi connectivity index (χ1) is 17.3. The van der Waals surface area contributed by atoms with Crippen molar-refractivity contribution in [2.45, 2.75) is 19.4 Å². The minimum Gasteiger partial charge on any atom is -0.507 e. The summed E-state index contributed by atoms with van der Waals surface area (Å²) in [6.07, 6.45) is 3.19. The molecule has 4 rings (SSSR count). The molecule has 3 aromatic rings. The quantitative estimate of drug-likeness (QED) is 0.218. The number of benzene rings is 2. The second-order valence-corrected chi connectivity index (χ2v) is 8.36. The topological polar surface area (TPSA) is 106 Å². The second-order valence-electron chi connectivity index (χ2n) is 7.95. The molecule has 9 heteroatoms. The Kier molecular flexibility index (Phi) is 7.36. The first-order valence-electron chi connectivity index (χ1n) is 11.1. The number of methoxy groups -OCH3 is 1. The number of aliphatic hydroxyl groups excluding tert-OH is 1. The summed E-state index contributed by atoms with van der Waals surface area (Å²) in [6, 6.07) is 13.7. The van der Waals surface area contributed by atoms with Crippen LogP contribution in [0.1, 0.15) is 29.7 Å². The van der Waals surface area contributed by atoms with Crippen molar-refractivity contribution < 1.29 is 29.0 Å². The molecule has 1 N–H and O–H groups in total. The lowest BCUT2D eigenvalue weighted by Crippen LogP contribution is -2.29. The predicted octanol–water partition coefficient (Wildman–Crippen LogP) is 4.48. The molecule has 1 amide bonds. The lowest BCUT2D eigenvalue weighted by atomic mass is 9.96. The number of Topliss-reactive ketones (excluding diaryl/α,β-unsaturated/α-hetero) is 1. The molecule has 1 fully saturated rings. The fourth-order valence-electron chi connectivity index (χ4n) is 4.07. The van der Waals surface area contributed by atoms with Gasteiger partial charge in [0.2, 0.25) is 0 Å². The number of hydrogen-bond donors (Lipinski definition) is 1. The maximum absolute atomic E-state index is 13.3. The summed E-state index contributed by atoms with van der Waals surface area (Å²) in [5, 5.41) is 11.6. The number of rotatable bonds is 7. The van der Waals surface area contributed by atoms with Crippen molar-refractivity contribution in [2.75, 3.05) is 18.6 Å². The van der Waals surface area contributed by atoms with Gasteiger partial charge >= 0.3 is 5.97 Å². The average molecular weight is 507 g/mol. The number of halogens is 1. The Bertz CT molecular complexity index is 1340. The standard InChI is InChI=1S/C27H23ClN2O6/c1-3-36-22(31)13-16-6-9-19(10-7-16)30-24(18-5-4-12-29-15-18)23(26(33)27(30)34)25(32)17-8-11-20(28)21(14-17)35-2/h4-12,14-15,24,32H,3,13H2,1-2H3/b25-23-. The van der Waals surface area contributed by atoms with Gasteiger partial charge in [-0.1, -0.05) is 29.8 Å². The molecule has 1 unspecified atom stereocenters. The Morgan fingerprint density at radius 2 is 1.89 bits per heavy atom. The van der Waals surface area contributed by atoms with Crippen molar-refractivity contribution in [3.05, 3.63) is 94.3 Å². The fraction of sp³-hybridized carbons (Fsp3) is 0.185. The van der Waals surface area contributed by atoms with E-state index in [-0.39, 0.29) is 35.9 Å². The van der Waals surface area contributed by atoms with E-state index in [2.05, 4.69) is 4.98 Å². The number of aromatic nitrogens is 1. The van der Waals surface area contributed by atoms with Crippen LogP contribution in [0.3, 0.4) is 0 Å². The first kappa shape index (κ1) is 24.9. The van der Waals surface area contributed by atoms with E-state index in [1.807, 2.05) is 0 Å². The minimum absolute atomic E-state index is 0.0807. The van der Waals surface area contributed by atoms with Crippen LogP contribution in [0.5, 0.6) is 5.75 Å². The van der Waals surface area contributed by atoms with E-state index in [0.29, 0.717) is 27.6 Å². The van der Waals surface area contributed by atoms with Gasteiger partial charge < -0.3 is 14.6 Å². The lowest BCUT2D eigenvalue weighted by Gasteiger charge is -2.25. The van der Waals surface area contributed by atoms with Crippen LogP contribution in [0.4, 0.5) is 5.69 Å². The zero-order valence-electron chi connectivity index (χ0n) is 19.6. The Balaban J connectivity index is 1.81. The number of amides is 1. The number of esters is 1. The third-order valence-electron chi connectivity index (χ3n) is 5.74. The summed E-state index contributed by atoms with van der Waals surface area (Å²) in [5.41, 5.74) is 1.84.